The summed E-state index contributed by atoms with van der Waals surface area (Å²) in [6.07, 6.45) is 2.26. The summed E-state index contributed by atoms with van der Waals surface area (Å²) in [6.45, 7) is 4.13. The number of carbonyl (C=O) groups excluding carboxylic acids is 1. The number of nitrogens with one attached hydrogen (secondary N) is 1. The van der Waals surface area contributed by atoms with E-state index in [2.05, 4.69) is 10.3 Å². The largest absolute Gasteiger partial charge is 0.325 e. The van der Waals surface area contributed by atoms with E-state index in [1.54, 1.807) is 16.8 Å². The molecule has 0 radical (unpaired) electrons. The van der Waals surface area contributed by atoms with E-state index in [0.717, 1.165) is 11.3 Å². The fourth-order valence-corrected chi connectivity index (χ4v) is 5.12. The number of nitrogens with zero attached hydrogens (tertiary/aromatic N) is 3. The van der Waals surface area contributed by atoms with Gasteiger partial charge in [-0.3, -0.25) is 19.1 Å². The lowest BCUT2D eigenvalue weighted by molar-refractivity contribution is -0.115. The molecule has 0 aliphatic heterocycles. The Morgan fingerprint density at radius 3 is 2.84 bits per heavy atom. The van der Waals surface area contributed by atoms with Crippen molar-refractivity contribution >= 4 is 56.5 Å². The van der Waals surface area contributed by atoms with Crippen molar-refractivity contribution in [3.05, 3.63) is 80.7 Å². The molecule has 3 aromatic heterocycles. The lowest BCUT2D eigenvalue weighted by atomic mass is 10.2. The van der Waals surface area contributed by atoms with Crippen LogP contribution in [0.3, 0.4) is 0 Å². The lowest BCUT2D eigenvalue weighted by Gasteiger charge is -2.17. The highest BCUT2D eigenvalue weighted by Gasteiger charge is 2.23. The normalized spacial score (nSPS) is 12.1. The number of anilines is 1. The lowest BCUT2D eigenvalue weighted by Crippen LogP contribution is -2.28. The first-order valence-electron chi connectivity index (χ1n) is 10.1. The maximum atomic E-state index is 13.2. The molecule has 0 saturated heterocycles. The minimum absolute atomic E-state index is 0.126. The number of benzene rings is 1. The topological polar surface area (TPSA) is 76.9 Å². The van der Waals surface area contributed by atoms with Gasteiger partial charge in [-0.25, -0.2) is 4.98 Å². The number of rotatable bonds is 7. The predicted octanol–water partition coefficient (Wildman–Crippen LogP) is 5.37. The van der Waals surface area contributed by atoms with Crippen LogP contribution in [0.5, 0.6) is 0 Å². The van der Waals surface area contributed by atoms with Gasteiger partial charge in [-0.05, 0) is 54.6 Å². The average Bonchev–Trinajstić information content (AvgIpc) is 3.26. The Morgan fingerprint density at radius 1 is 1.28 bits per heavy atom. The van der Waals surface area contributed by atoms with E-state index in [-0.39, 0.29) is 18.0 Å². The molecule has 4 rings (SSSR count). The highest BCUT2D eigenvalue weighted by Crippen LogP contribution is 2.28. The molecule has 0 fully saturated rings. The van der Waals surface area contributed by atoms with Crippen LogP contribution >= 0.6 is 34.7 Å². The van der Waals surface area contributed by atoms with Crippen LogP contribution in [-0.2, 0) is 11.3 Å². The number of fused-ring (bicyclic) bond motifs is 1. The number of thioether (sulfide) groups is 1. The van der Waals surface area contributed by atoms with Crippen LogP contribution in [0.25, 0.3) is 10.2 Å². The Hall–Kier alpha value is -2.68. The Kier molecular flexibility index (Phi) is 6.93. The Labute approximate surface area is 198 Å². The molecule has 1 aromatic carbocycles. The van der Waals surface area contributed by atoms with E-state index in [9.17, 15) is 9.59 Å². The van der Waals surface area contributed by atoms with Crippen LogP contribution in [0.4, 0.5) is 5.69 Å². The fraction of sp³-hybridized carbons (Fsp3) is 0.217. The van der Waals surface area contributed by atoms with Crippen LogP contribution in [0.2, 0.25) is 5.02 Å². The molecule has 1 N–H and O–H groups in total. The average molecular weight is 485 g/mol. The highest BCUT2D eigenvalue weighted by molar-refractivity contribution is 8.00. The smallest absolute Gasteiger partial charge is 0.272 e. The summed E-state index contributed by atoms with van der Waals surface area (Å²) in [7, 11) is 0. The molecule has 164 valence electrons. The van der Waals surface area contributed by atoms with Gasteiger partial charge < -0.3 is 5.32 Å². The van der Waals surface area contributed by atoms with Gasteiger partial charge in [0.05, 0.1) is 23.0 Å². The molecule has 1 amide bonds. The predicted molar refractivity (Wildman–Crippen MR) is 132 cm³/mol. The summed E-state index contributed by atoms with van der Waals surface area (Å²) in [5.41, 5.74) is 2.84. The molecule has 0 aliphatic carbocycles. The maximum Gasteiger partial charge on any atom is 0.272 e. The van der Waals surface area contributed by atoms with Gasteiger partial charge in [-0.2, -0.15) is 0 Å². The van der Waals surface area contributed by atoms with E-state index in [0.29, 0.717) is 32.5 Å². The SMILES string of the molecule is CCC(Sc1nc2ccsc2c(=O)n1Cc1ccccn1)C(=O)Nc1ccc(C)c(Cl)c1. The van der Waals surface area contributed by atoms with Crippen LogP contribution in [0.15, 0.2) is 64.0 Å². The van der Waals surface area contributed by atoms with E-state index < -0.39 is 5.25 Å². The van der Waals surface area contributed by atoms with Gasteiger partial charge in [0, 0.05) is 16.9 Å². The third-order valence-corrected chi connectivity index (χ3v) is 7.58. The minimum Gasteiger partial charge on any atom is -0.325 e. The van der Waals surface area contributed by atoms with Crippen molar-refractivity contribution in [3.8, 4) is 0 Å². The molecular formula is C23H21ClN4O2S2. The Morgan fingerprint density at radius 2 is 2.12 bits per heavy atom. The van der Waals surface area contributed by atoms with Crippen molar-refractivity contribution in [3.63, 3.8) is 0 Å². The maximum absolute atomic E-state index is 13.2. The van der Waals surface area contributed by atoms with Gasteiger partial charge in [-0.15, -0.1) is 11.3 Å². The number of pyridine rings is 1. The molecule has 3 heterocycles. The van der Waals surface area contributed by atoms with Crippen molar-refractivity contribution in [1.82, 2.24) is 14.5 Å². The molecule has 0 aliphatic rings. The molecule has 32 heavy (non-hydrogen) atoms. The molecule has 0 saturated carbocycles. The second kappa shape index (κ2) is 9.85. The van der Waals surface area contributed by atoms with E-state index in [1.807, 2.05) is 55.6 Å². The van der Waals surface area contributed by atoms with E-state index in [1.165, 1.54) is 23.1 Å². The monoisotopic (exact) mass is 484 g/mol. The number of hydrogen-bond donors (Lipinski definition) is 1. The zero-order valence-corrected chi connectivity index (χ0v) is 19.9. The molecule has 6 nitrogen and oxygen atoms in total. The fourth-order valence-electron chi connectivity index (χ4n) is 3.15. The highest BCUT2D eigenvalue weighted by atomic mass is 35.5. The number of carbonyl (C=O) groups is 1. The van der Waals surface area contributed by atoms with Crippen molar-refractivity contribution in [2.24, 2.45) is 0 Å². The van der Waals surface area contributed by atoms with Gasteiger partial charge >= 0.3 is 0 Å². The second-order valence-corrected chi connectivity index (χ2v) is 9.70. The molecule has 1 unspecified atom stereocenters. The van der Waals surface area contributed by atoms with E-state index in [4.69, 9.17) is 16.6 Å². The van der Waals surface area contributed by atoms with Crippen LogP contribution in [0, 0.1) is 6.92 Å². The standard InChI is InChI=1S/C23H21ClN4O2S2/c1-3-19(21(29)26-15-8-7-14(2)17(24)12-15)32-23-27-18-9-11-31-20(18)22(30)28(23)13-16-6-4-5-10-25-16/h4-12,19H,3,13H2,1-2H3,(H,26,29). The van der Waals surface area contributed by atoms with Crippen molar-refractivity contribution < 1.29 is 4.79 Å². The summed E-state index contributed by atoms with van der Waals surface area (Å²) < 4.78 is 2.20. The molecule has 1 atom stereocenters. The summed E-state index contributed by atoms with van der Waals surface area (Å²) >= 11 is 8.84. The summed E-state index contributed by atoms with van der Waals surface area (Å²) in [4.78, 5) is 35.3. The zero-order valence-electron chi connectivity index (χ0n) is 17.5. The minimum atomic E-state index is -0.437. The van der Waals surface area contributed by atoms with Crippen LogP contribution in [-0.4, -0.2) is 25.7 Å². The zero-order chi connectivity index (χ0) is 22.7. The first-order chi connectivity index (χ1) is 15.5. The molecule has 0 spiro atoms. The third kappa shape index (κ3) is 4.87. The van der Waals surface area contributed by atoms with Crippen molar-refractivity contribution in [2.45, 2.75) is 37.2 Å². The quantitative estimate of drug-likeness (QED) is 0.282. The van der Waals surface area contributed by atoms with Crippen molar-refractivity contribution in [2.75, 3.05) is 5.32 Å². The Bertz CT molecular complexity index is 1320. The summed E-state index contributed by atoms with van der Waals surface area (Å²) in [6, 6.07) is 12.8. The summed E-state index contributed by atoms with van der Waals surface area (Å²) in [5, 5.41) is 5.43. The van der Waals surface area contributed by atoms with Gasteiger partial charge in [0.25, 0.3) is 5.56 Å². The summed E-state index contributed by atoms with van der Waals surface area (Å²) in [5.74, 6) is -0.165. The number of hydrogen-bond acceptors (Lipinski definition) is 6. The number of halogens is 1. The van der Waals surface area contributed by atoms with Gasteiger partial charge in [0.15, 0.2) is 5.16 Å². The Balaban J connectivity index is 1.65. The number of amides is 1. The molecule has 0 bridgehead atoms. The first-order valence-corrected chi connectivity index (χ1v) is 12.2. The van der Waals surface area contributed by atoms with Crippen LogP contribution in [0.1, 0.15) is 24.6 Å². The first kappa shape index (κ1) is 22.5. The van der Waals surface area contributed by atoms with Crippen LogP contribution < -0.4 is 10.9 Å². The van der Waals surface area contributed by atoms with Gasteiger partial charge in [-0.1, -0.05) is 42.4 Å². The number of thiophene rings is 1. The van der Waals surface area contributed by atoms with Gasteiger partial charge in [0.1, 0.15) is 4.70 Å². The third-order valence-electron chi connectivity index (χ3n) is 4.93. The second-order valence-electron chi connectivity index (χ2n) is 7.21. The molecular weight excluding hydrogens is 464 g/mol. The van der Waals surface area contributed by atoms with Gasteiger partial charge in [0.2, 0.25) is 5.91 Å². The number of aromatic nitrogens is 3. The van der Waals surface area contributed by atoms with Crippen molar-refractivity contribution in [1.29, 1.82) is 0 Å². The molecule has 9 heteroatoms. The van der Waals surface area contributed by atoms with E-state index >= 15 is 0 Å². The molecule has 4 aromatic rings. The number of aryl methyl sites for hydroxylation is 1.